The maximum absolute atomic E-state index is 10.5. The number of nitrogens with zero attached hydrogens (tertiary/aromatic N) is 1. The van der Waals surface area contributed by atoms with Gasteiger partial charge in [0.15, 0.2) is 0 Å². The van der Waals surface area contributed by atoms with Crippen molar-refractivity contribution in [2.45, 2.75) is 44.6 Å². The quantitative estimate of drug-likeness (QED) is 0.707. The van der Waals surface area contributed by atoms with Crippen molar-refractivity contribution in [3.05, 3.63) is 69.7 Å². The smallest absolute Gasteiger partial charge is 0.105 e. The topological polar surface area (TPSA) is 35.8 Å². The molecule has 1 N–H and O–H groups in total. The van der Waals surface area contributed by atoms with E-state index in [1.807, 2.05) is 42.5 Å². The van der Waals surface area contributed by atoms with E-state index in [-0.39, 0.29) is 17.4 Å². The van der Waals surface area contributed by atoms with Gasteiger partial charge in [-0.05, 0) is 47.2 Å². The van der Waals surface area contributed by atoms with Gasteiger partial charge < -0.3 is 5.32 Å². The van der Waals surface area contributed by atoms with Gasteiger partial charge in [-0.15, -0.1) is 0 Å². The van der Waals surface area contributed by atoms with Gasteiger partial charge in [-0.25, -0.2) is 0 Å². The molecular formula is C22H24Cl2N2. The number of hydrogen-bond acceptors (Lipinski definition) is 2. The van der Waals surface area contributed by atoms with Crippen LogP contribution in [0.25, 0.3) is 0 Å². The standard InChI is InChI=1S/C22H24Cl2N2/c1-21(2,3)12-20-22(14-25,16-7-9-17(23)10-8-16)19(13-26-20)15-5-4-6-18(24)11-15/h4-11,19-20,26H,12-13H2,1-3H3/t19?,20-,22+/m0/s1. The first-order valence-electron chi connectivity index (χ1n) is 8.92. The molecule has 0 aromatic heterocycles. The second-order valence-corrected chi connectivity index (χ2v) is 9.19. The summed E-state index contributed by atoms with van der Waals surface area (Å²) in [7, 11) is 0. The highest BCUT2D eigenvalue weighted by Crippen LogP contribution is 2.48. The average molecular weight is 387 g/mol. The summed E-state index contributed by atoms with van der Waals surface area (Å²) in [6, 6.07) is 18.4. The zero-order valence-electron chi connectivity index (χ0n) is 15.4. The Kier molecular flexibility index (Phi) is 5.35. The molecule has 3 atom stereocenters. The second-order valence-electron chi connectivity index (χ2n) is 8.32. The minimum Gasteiger partial charge on any atom is -0.311 e. The van der Waals surface area contributed by atoms with Crippen LogP contribution in [0.2, 0.25) is 10.0 Å². The van der Waals surface area contributed by atoms with Gasteiger partial charge in [0.05, 0.1) is 6.07 Å². The Morgan fingerprint density at radius 1 is 1.12 bits per heavy atom. The van der Waals surface area contributed by atoms with Gasteiger partial charge in [0.25, 0.3) is 0 Å². The molecule has 0 saturated carbocycles. The summed E-state index contributed by atoms with van der Waals surface area (Å²) >= 11 is 12.4. The molecule has 136 valence electrons. The van der Waals surface area contributed by atoms with Crippen LogP contribution in [0.15, 0.2) is 48.5 Å². The zero-order chi connectivity index (χ0) is 18.9. The third kappa shape index (κ3) is 3.62. The van der Waals surface area contributed by atoms with Gasteiger partial charge in [-0.1, -0.05) is 68.2 Å². The molecule has 1 aliphatic rings. The molecule has 26 heavy (non-hydrogen) atoms. The van der Waals surface area contributed by atoms with E-state index in [4.69, 9.17) is 23.2 Å². The van der Waals surface area contributed by atoms with Crippen LogP contribution in [0, 0.1) is 16.7 Å². The molecule has 0 amide bonds. The van der Waals surface area contributed by atoms with Crippen molar-refractivity contribution in [2.75, 3.05) is 6.54 Å². The van der Waals surface area contributed by atoms with Gasteiger partial charge in [-0.3, -0.25) is 0 Å². The molecule has 1 fully saturated rings. The lowest BCUT2D eigenvalue weighted by Crippen LogP contribution is -2.44. The number of rotatable bonds is 3. The van der Waals surface area contributed by atoms with Crippen molar-refractivity contribution >= 4 is 23.2 Å². The Morgan fingerprint density at radius 3 is 2.38 bits per heavy atom. The average Bonchev–Trinajstić information content (AvgIpc) is 2.93. The minimum atomic E-state index is -0.664. The van der Waals surface area contributed by atoms with E-state index in [9.17, 15) is 5.26 Å². The van der Waals surface area contributed by atoms with Crippen molar-refractivity contribution in [1.82, 2.24) is 5.32 Å². The number of nitrogens with one attached hydrogen (secondary N) is 1. The van der Waals surface area contributed by atoms with E-state index in [0.29, 0.717) is 10.0 Å². The number of nitriles is 1. The predicted molar refractivity (Wildman–Crippen MR) is 109 cm³/mol. The minimum absolute atomic E-state index is 0.0275. The molecule has 2 aromatic rings. The van der Waals surface area contributed by atoms with E-state index in [1.54, 1.807) is 0 Å². The van der Waals surface area contributed by atoms with E-state index in [2.05, 4.69) is 38.2 Å². The van der Waals surface area contributed by atoms with Crippen LogP contribution in [-0.2, 0) is 5.41 Å². The van der Waals surface area contributed by atoms with Crippen LogP contribution in [0.3, 0.4) is 0 Å². The second kappa shape index (κ2) is 7.24. The third-order valence-corrected chi connectivity index (χ3v) is 5.73. The van der Waals surface area contributed by atoms with Gasteiger partial charge in [0.1, 0.15) is 5.41 Å². The highest BCUT2D eigenvalue weighted by atomic mass is 35.5. The molecule has 0 aliphatic carbocycles. The Hall–Kier alpha value is -1.53. The van der Waals surface area contributed by atoms with E-state index < -0.39 is 5.41 Å². The SMILES string of the molecule is CC(C)(C)C[C@@H]1NCC(c2cccc(Cl)c2)[C@@]1(C#N)c1ccc(Cl)cc1. The van der Waals surface area contributed by atoms with Crippen molar-refractivity contribution < 1.29 is 0 Å². The maximum Gasteiger partial charge on any atom is 0.105 e. The summed E-state index contributed by atoms with van der Waals surface area (Å²) in [6.45, 7) is 7.39. The molecule has 2 aromatic carbocycles. The van der Waals surface area contributed by atoms with Crippen LogP contribution < -0.4 is 5.32 Å². The molecule has 1 heterocycles. The predicted octanol–water partition coefficient (Wildman–Crippen LogP) is 5.95. The largest absolute Gasteiger partial charge is 0.311 e. The molecule has 3 rings (SSSR count). The summed E-state index contributed by atoms with van der Waals surface area (Å²) < 4.78 is 0. The monoisotopic (exact) mass is 386 g/mol. The highest BCUT2D eigenvalue weighted by Gasteiger charge is 2.53. The lowest BCUT2D eigenvalue weighted by atomic mass is 9.64. The molecule has 2 nitrogen and oxygen atoms in total. The summed E-state index contributed by atoms with van der Waals surface area (Å²) in [5.41, 5.74) is 1.55. The Bertz CT molecular complexity index is 817. The number of benzene rings is 2. The summed E-state index contributed by atoms with van der Waals surface area (Å²) in [6.07, 6.45) is 0.903. The first-order valence-corrected chi connectivity index (χ1v) is 9.68. The Balaban J connectivity index is 2.15. The molecule has 0 radical (unpaired) electrons. The molecular weight excluding hydrogens is 363 g/mol. The van der Waals surface area contributed by atoms with E-state index in [1.165, 1.54) is 0 Å². The highest BCUT2D eigenvalue weighted by molar-refractivity contribution is 6.30. The molecule has 1 unspecified atom stereocenters. The normalized spacial score (nSPS) is 25.8. The maximum atomic E-state index is 10.5. The van der Waals surface area contributed by atoms with Crippen LogP contribution in [0.4, 0.5) is 0 Å². The van der Waals surface area contributed by atoms with Crippen molar-refractivity contribution in [1.29, 1.82) is 5.26 Å². The van der Waals surface area contributed by atoms with Crippen LogP contribution in [0.5, 0.6) is 0 Å². The Labute approximate surface area is 166 Å². The van der Waals surface area contributed by atoms with E-state index in [0.717, 1.165) is 24.1 Å². The molecule has 1 aliphatic heterocycles. The molecule has 0 bridgehead atoms. The lowest BCUT2D eigenvalue weighted by molar-refractivity contribution is 0.282. The third-order valence-electron chi connectivity index (χ3n) is 5.24. The first kappa shape index (κ1) is 19.2. The fraction of sp³-hybridized carbons (Fsp3) is 0.409. The Morgan fingerprint density at radius 2 is 1.81 bits per heavy atom. The van der Waals surface area contributed by atoms with Gasteiger partial charge in [0, 0.05) is 28.5 Å². The van der Waals surface area contributed by atoms with Crippen LogP contribution in [-0.4, -0.2) is 12.6 Å². The summed E-state index contributed by atoms with van der Waals surface area (Å²) in [4.78, 5) is 0. The molecule has 1 saturated heterocycles. The van der Waals surface area contributed by atoms with Crippen molar-refractivity contribution in [2.24, 2.45) is 5.41 Å². The van der Waals surface area contributed by atoms with Crippen LogP contribution in [0.1, 0.15) is 44.2 Å². The van der Waals surface area contributed by atoms with Crippen molar-refractivity contribution in [3.63, 3.8) is 0 Å². The van der Waals surface area contributed by atoms with Crippen LogP contribution >= 0.6 is 23.2 Å². The molecule has 4 heteroatoms. The summed E-state index contributed by atoms with van der Waals surface area (Å²) in [5, 5.41) is 15.5. The zero-order valence-corrected chi connectivity index (χ0v) is 16.9. The van der Waals surface area contributed by atoms with E-state index >= 15 is 0 Å². The number of hydrogen-bond donors (Lipinski definition) is 1. The first-order chi connectivity index (χ1) is 12.3. The fourth-order valence-corrected chi connectivity index (χ4v) is 4.45. The van der Waals surface area contributed by atoms with Crippen molar-refractivity contribution in [3.8, 4) is 6.07 Å². The summed E-state index contributed by atoms with van der Waals surface area (Å²) in [5.74, 6) is 0.0275. The van der Waals surface area contributed by atoms with Gasteiger partial charge in [0.2, 0.25) is 0 Å². The number of halogens is 2. The molecule has 0 spiro atoms. The van der Waals surface area contributed by atoms with Gasteiger partial charge >= 0.3 is 0 Å². The van der Waals surface area contributed by atoms with Gasteiger partial charge in [-0.2, -0.15) is 5.26 Å². The lowest BCUT2D eigenvalue weighted by Gasteiger charge is -2.37. The fourth-order valence-electron chi connectivity index (χ4n) is 4.12.